The number of anilines is 5. The molecule has 2 heterocycles. The molecular formula is C18H16ClN8O2S-. The molecule has 154 valence electrons. The second-order valence-electron chi connectivity index (χ2n) is 6.22. The molecule has 2 aromatic heterocycles. The number of H-pyrrole nitrogens is 1. The first-order chi connectivity index (χ1) is 14.5. The van der Waals surface area contributed by atoms with E-state index in [0.717, 1.165) is 22.2 Å². The van der Waals surface area contributed by atoms with E-state index in [-0.39, 0.29) is 6.54 Å². The van der Waals surface area contributed by atoms with Crippen molar-refractivity contribution in [2.75, 3.05) is 16.4 Å². The molecule has 2 aromatic carbocycles. The lowest BCUT2D eigenvalue weighted by Crippen LogP contribution is -2.16. The molecule has 12 heteroatoms. The zero-order valence-electron chi connectivity index (χ0n) is 15.3. The molecule has 0 bridgehead atoms. The number of nitrogens with two attached hydrogens (primary N) is 1. The summed E-state index contributed by atoms with van der Waals surface area (Å²) in [5.74, 6) is 1.13. The zero-order chi connectivity index (χ0) is 21.1. The second-order valence-corrected chi connectivity index (χ2v) is 7.39. The van der Waals surface area contributed by atoms with Gasteiger partial charge >= 0.3 is 0 Å². The number of aromatic amines is 1. The summed E-state index contributed by atoms with van der Waals surface area (Å²) in [7, 11) is 0. The Morgan fingerprint density at radius 3 is 2.87 bits per heavy atom. The van der Waals surface area contributed by atoms with Gasteiger partial charge in [-0.15, -0.1) is 0 Å². The molecule has 4 rings (SSSR count). The standard InChI is InChI=1S/C18H17ClN8O2S/c19-13-9-21-18(23-11-5-6-12-15(7-11)26-27-16(12)20)25-17(13)24-14-4-2-1-3-10(14)8-22-30(28)29/h1-7,9,22H,8H2,(H,28,29)(H3,20,26,27)(H2,21,23,24,25)/p-1. The lowest BCUT2D eigenvalue weighted by atomic mass is 10.2. The number of aromatic nitrogens is 4. The normalized spacial score (nSPS) is 12.1. The summed E-state index contributed by atoms with van der Waals surface area (Å²) in [5.41, 5.74) is 8.70. The predicted octanol–water partition coefficient (Wildman–Crippen LogP) is 2.96. The SMILES string of the molecule is Nc1n[nH]c2cc(Nc3ncc(Cl)c(Nc4ccccc4CNS(=O)[O-])n3)ccc12. The van der Waals surface area contributed by atoms with Gasteiger partial charge in [-0.05, 0) is 29.8 Å². The van der Waals surface area contributed by atoms with Crippen LogP contribution in [0.3, 0.4) is 0 Å². The number of nitrogens with one attached hydrogen (secondary N) is 4. The van der Waals surface area contributed by atoms with Gasteiger partial charge in [0.25, 0.3) is 0 Å². The Kier molecular flexibility index (Phi) is 5.77. The molecule has 10 nitrogen and oxygen atoms in total. The number of benzene rings is 2. The van der Waals surface area contributed by atoms with Crippen LogP contribution in [0, 0.1) is 0 Å². The minimum absolute atomic E-state index is 0.125. The highest BCUT2D eigenvalue weighted by atomic mass is 35.5. The van der Waals surface area contributed by atoms with E-state index in [2.05, 4.69) is 35.5 Å². The molecule has 30 heavy (non-hydrogen) atoms. The lowest BCUT2D eigenvalue weighted by Gasteiger charge is -2.14. The smallest absolute Gasteiger partial charge is 0.229 e. The molecule has 0 radical (unpaired) electrons. The van der Waals surface area contributed by atoms with Crippen molar-refractivity contribution >= 4 is 62.7 Å². The fraction of sp³-hybridized carbons (Fsp3) is 0.0556. The van der Waals surface area contributed by atoms with Crippen LogP contribution in [-0.2, 0) is 17.8 Å². The maximum atomic E-state index is 10.8. The van der Waals surface area contributed by atoms with Crippen LogP contribution in [0.2, 0.25) is 5.02 Å². The molecule has 6 N–H and O–H groups in total. The van der Waals surface area contributed by atoms with Crippen LogP contribution in [-0.4, -0.2) is 28.9 Å². The molecule has 1 atom stereocenters. The van der Waals surface area contributed by atoms with Crippen molar-refractivity contribution in [1.29, 1.82) is 0 Å². The topological polar surface area (TPSA) is 157 Å². The van der Waals surface area contributed by atoms with E-state index in [4.69, 9.17) is 17.3 Å². The van der Waals surface area contributed by atoms with E-state index in [0.29, 0.717) is 28.3 Å². The van der Waals surface area contributed by atoms with E-state index in [1.165, 1.54) is 6.20 Å². The van der Waals surface area contributed by atoms with E-state index in [1.54, 1.807) is 12.1 Å². The lowest BCUT2D eigenvalue weighted by molar-refractivity contribution is 0.522. The van der Waals surface area contributed by atoms with Crippen molar-refractivity contribution in [2.24, 2.45) is 0 Å². The van der Waals surface area contributed by atoms with Gasteiger partial charge in [-0.25, -0.2) is 9.71 Å². The molecule has 0 spiro atoms. The van der Waals surface area contributed by atoms with Crippen LogP contribution in [0.4, 0.5) is 29.0 Å². The van der Waals surface area contributed by atoms with Gasteiger partial charge in [0, 0.05) is 34.6 Å². The number of halogens is 1. The monoisotopic (exact) mass is 443 g/mol. The summed E-state index contributed by atoms with van der Waals surface area (Å²) < 4.78 is 24.0. The molecule has 0 aliphatic carbocycles. The highest BCUT2D eigenvalue weighted by Crippen LogP contribution is 2.28. The Balaban J connectivity index is 1.57. The van der Waals surface area contributed by atoms with Gasteiger partial charge in [-0.2, -0.15) is 10.1 Å². The van der Waals surface area contributed by atoms with Crippen LogP contribution >= 0.6 is 11.6 Å². The first-order valence-corrected chi connectivity index (χ1v) is 10.2. The average molecular weight is 444 g/mol. The first kappa shape index (κ1) is 20.0. The third-order valence-electron chi connectivity index (χ3n) is 4.24. The van der Waals surface area contributed by atoms with Crippen molar-refractivity contribution in [2.45, 2.75) is 6.54 Å². The highest BCUT2D eigenvalue weighted by Gasteiger charge is 2.10. The molecule has 1 unspecified atom stereocenters. The van der Waals surface area contributed by atoms with Gasteiger partial charge in [0.1, 0.15) is 5.02 Å². The Bertz CT molecular complexity index is 1230. The van der Waals surface area contributed by atoms with Crippen LogP contribution in [0.25, 0.3) is 10.9 Å². The Morgan fingerprint density at radius 1 is 1.20 bits per heavy atom. The number of hydrogen-bond donors (Lipinski definition) is 5. The minimum Gasteiger partial charge on any atom is -0.760 e. The summed E-state index contributed by atoms with van der Waals surface area (Å²) in [6.45, 7) is 0.125. The minimum atomic E-state index is -2.36. The zero-order valence-corrected chi connectivity index (χ0v) is 16.9. The van der Waals surface area contributed by atoms with Crippen LogP contribution < -0.4 is 21.1 Å². The number of fused-ring (bicyclic) bond motifs is 1. The fourth-order valence-corrected chi connectivity index (χ4v) is 3.23. The van der Waals surface area contributed by atoms with Crippen molar-refractivity contribution in [3.8, 4) is 0 Å². The summed E-state index contributed by atoms with van der Waals surface area (Å²) >= 11 is 3.89. The van der Waals surface area contributed by atoms with E-state index in [9.17, 15) is 8.76 Å². The molecule has 0 saturated carbocycles. The van der Waals surface area contributed by atoms with Crippen molar-refractivity contribution < 1.29 is 8.76 Å². The fourth-order valence-electron chi connectivity index (χ4n) is 2.82. The number of nitrogen functional groups attached to an aromatic ring is 1. The van der Waals surface area contributed by atoms with Gasteiger partial charge in [0.05, 0.1) is 11.7 Å². The predicted molar refractivity (Wildman–Crippen MR) is 116 cm³/mol. The summed E-state index contributed by atoms with van der Waals surface area (Å²) in [6, 6.07) is 12.7. The Labute approximate surface area is 178 Å². The second kappa shape index (κ2) is 8.63. The molecule has 4 aromatic rings. The Morgan fingerprint density at radius 2 is 2.03 bits per heavy atom. The van der Waals surface area contributed by atoms with Crippen LogP contribution in [0.15, 0.2) is 48.7 Å². The largest absolute Gasteiger partial charge is 0.760 e. The molecule has 0 saturated heterocycles. The van der Waals surface area contributed by atoms with Gasteiger partial charge in [0.2, 0.25) is 5.95 Å². The summed E-state index contributed by atoms with van der Waals surface area (Å²) in [4.78, 5) is 8.63. The number of hydrogen-bond acceptors (Lipinski definition) is 8. The van der Waals surface area contributed by atoms with Gasteiger partial charge < -0.3 is 20.9 Å². The Hall–Kier alpha value is -3.25. The third-order valence-corrected chi connectivity index (χ3v) is 4.90. The summed E-state index contributed by atoms with van der Waals surface area (Å²) in [6.07, 6.45) is 1.47. The molecular weight excluding hydrogens is 428 g/mol. The highest BCUT2D eigenvalue weighted by molar-refractivity contribution is 7.77. The molecule has 0 aliphatic rings. The summed E-state index contributed by atoms with van der Waals surface area (Å²) in [5, 5.41) is 14.2. The third kappa shape index (κ3) is 4.49. The maximum Gasteiger partial charge on any atom is 0.229 e. The number of rotatable bonds is 7. The number of para-hydroxylation sites is 1. The van der Waals surface area contributed by atoms with Gasteiger partial charge in [0.15, 0.2) is 11.6 Å². The van der Waals surface area contributed by atoms with E-state index < -0.39 is 11.3 Å². The van der Waals surface area contributed by atoms with Crippen molar-refractivity contribution in [3.63, 3.8) is 0 Å². The quantitative estimate of drug-likeness (QED) is 0.273. The van der Waals surface area contributed by atoms with E-state index in [1.807, 2.05) is 30.3 Å². The number of nitrogens with zero attached hydrogens (tertiary/aromatic N) is 3. The van der Waals surface area contributed by atoms with Crippen molar-refractivity contribution in [1.82, 2.24) is 24.9 Å². The molecule has 0 aliphatic heterocycles. The molecule has 0 fully saturated rings. The van der Waals surface area contributed by atoms with E-state index >= 15 is 0 Å². The first-order valence-electron chi connectivity index (χ1n) is 8.70. The van der Waals surface area contributed by atoms with Crippen LogP contribution in [0.5, 0.6) is 0 Å². The van der Waals surface area contributed by atoms with Gasteiger partial charge in [-0.3, -0.25) is 9.31 Å². The maximum absolute atomic E-state index is 10.8. The van der Waals surface area contributed by atoms with Crippen LogP contribution in [0.1, 0.15) is 5.56 Å². The molecule has 0 amide bonds. The van der Waals surface area contributed by atoms with Crippen molar-refractivity contribution in [3.05, 3.63) is 59.2 Å². The average Bonchev–Trinajstić information content (AvgIpc) is 3.10. The van der Waals surface area contributed by atoms with Gasteiger partial charge in [-0.1, -0.05) is 29.8 Å².